The molecule has 2 N–H and O–H groups in total. The van der Waals surface area contributed by atoms with Crippen LogP contribution in [0.15, 0.2) is 30.3 Å². The molecular formula is C18H18N2O4S2. The number of amides is 2. The maximum absolute atomic E-state index is 12.2. The number of esters is 1. The largest absolute Gasteiger partial charge is 0.451 e. The molecule has 0 bridgehead atoms. The van der Waals surface area contributed by atoms with Crippen molar-refractivity contribution in [1.82, 2.24) is 10.6 Å². The van der Waals surface area contributed by atoms with E-state index in [0.29, 0.717) is 11.4 Å². The third-order valence-electron chi connectivity index (χ3n) is 3.71. The van der Waals surface area contributed by atoms with Gasteiger partial charge in [0.15, 0.2) is 6.61 Å². The minimum atomic E-state index is -0.681. The van der Waals surface area contributed by atoms with Crippen molar-refractivity contribution >= 4 is 59.9 Å². The van der Waals surface area contributed by atoms with Crippen LogP contribution in [0, 0.1) is 0 Å². The molecule has 1 atom stereocenters. The van der Waals surface area contributed by atoms with Gasteiger partial charge in [0.25, 0.3) is 5.91 Å². The van der Waals surface area contributed by atoms with Gasteiger partial charge in [-0.05, 0) is 26.0 Å². The summed E-state index contributed by atoms with van der Waals surface area (Å²) in [5, 5.41) is 6.22. The molecule has 0 aliphatic rings. The fraction of sp³-hybridized carbons (Fsp3) is 0.278. The molecule has 0 aliphatic carbocycles. The Morgan fingerprint density at radius 2 is 1.92 bits per heavy atom. The van der Waals surface area contributed by atoms with Crippen molar-refractivity contribution < 1.29 is 19.1 Å². The van der Waals surface area contributed by atoms with E-state index in [1.165, 1.54) is 16.0 Å². The molecule has 0 fully saturated rings. The van der Waals surface area contributed by atoms with Crippen LogP contribution in [-0.4, -0.2) is 37.0 Å². The van der Waals surface area contributed by atoms with Gasteiger partial charge in [-0.3, -0.25) is 9.59 Å². The third-order valence-corrected chi connectivity index (χ3v) is 6.10. The van der Waals surface area contributed by atoms with Crippen molar-refractivity contribution in [2.45, 2.75) is 19.9 Å². The van der Waals surface area contributed by atoms with Gasteiger partial charge in [-0.25, -0.2) is 4.79 Å². The highest BCUT2D eigenvalue weighted by atomic mass is 32.1. The molecule has 26 heavy (non-hydrogen) atoms. The number of benzene rings is 1. The Bertz CT molecular complexity index is 976. The number of hydrogen-bond donors (Lipinski definition) is 2. The second kappa shape index (κ2) is 7.84. The zero-order chi connectivity index (χ0) is 18.7. The lowest BCUT2D eigenvalue weighted by Gasteiger charge is -2.13. The Morgan fingerprint density at radius 1 is 1.15 bits per heavy atom. The molecule has 8 heteroatoms. The van der Waals surface area contributed by atoms with Gasteiger partial charge in [0.1, 0.15) is 10.9 Å². The fourth-order valence-corrected chi connectivity index (χ4v) is 4.90. The molecule has 0 aliphatic heterocycles. The molecular weight excluding hydrogens is 372 g/mol. The molecule has 1 aromatic carbocycles. The van der Waals surface area contributed by atoms with Crippen LogP contribution < -0.4 is 10.6 Å². The van der Waals surface area contributed by atoms with Gasteiger partial charge in [-0.15, -0.1) is 22.7 Å². The van der Waals surface area contributed by atoms with Gasteiger partial charge in [0, 0.05) is 21.3 Å². The third kappa shape index (κ3) is 3.86. The van der Waals surface area contributed by atoms with Crippen molar-refractivity contribution in [1.29, 1.82) is 0 Å². The number of ether oxygens (including phenoxy) is 1. The number of rotatable bonds is 6. The fourth-order valence-electron chi connectivity index (χ4n) is 2.48. The molecule has 6 nitrogen and oxygen atoms in total. The monoisotopic (exact) mass is 390 g/mol. The first kappa shape index (κ1) is 18.3. The second-order valence-corrected chi connectivity index (χ2v) is 7.80. The van der Waals surface area contributed by atoms with Crippen molar-refractivity contribution in [2.24, 2.45) is 0 Å². The van der Waals surface area contributed by atoms with E-state index in [0.717, 1.165) is 14.8 Å². The highest BCUT2D eigenvalue weighted by Gasteiger charge is 2.18. The molecule has 0 radical (unpaired) electrons. The van der Waals surface area contributed by atoms with Crippen LogP contribution in [0.2, 0.25) is 0 Å². The summed E-state index contributed by atoms with van der Waals surface area (Å²) in [5.74, 6) is -1.33. The normalized spacial score (nSPS) is 12.1. The predicted molar refractivity (Wildman–Crippen MR) is 104 cm³/mol. The average molecular weight is 390 g/mol. The molecule has 3 rings (SSSR count). The average Bonchev–Trinajstić information content (AvgIpc) is 3.17. The lowest BCUT2D eigenvalue weighted by molar-refractivity contribution is -0.130. The number of carbonyl (C=O) groups is 3. The van der Waals surface area contributed by atoms with Crippen LogP contribution in [-0.2, 0) is 14.3 Å². The Morgan fingerprint density at radius 3 is 2.69 bits per heavy atom. The minimum Gasteiger partial charge on any atom is -0.451 e. The van der Waals surface area contributed by atoms with Gasteiger partial charge in [0.2, 0.25) is 5.91 Å². The molecule has 0 spiro atoms. The number of thiophene rings is 2. The summed E-state index contributed by atoms with van der Waals surface area (Å²) in [6.07, 6.45) is 0. The van der Waals surface area contributed by atoms with E-state index in [1.807, 2.05) is 24.3 Å². The van der Waals surface area contributed by atoms with Crippen molar-refractivity contribution in [2.75, 3.05) is 13.2 Å². The van der Waals surface area contributed by atoms with E-state index in [1.54, 1.807) is 31.3 Å². The maximum atomic E-state index is 12.2. The predicted octanol–water partition coefficient (Wildman–Crippen LogP) is 2.91. The topological polar surface area (TPSA) is 84.5 Å². The first-order chi connectivity index (χ1) is 12.5. The summed E-state index contributed by atoms with van der Waals surface area (Å²) in [7, 11) is 0. The van der Waals surface area contributed by atoms with Gasteiger partial charge in [-0.1, -0.05) is 18.2 Å². The molecule has 2 aromatic heterocycles. The number of fused-ring (bicyclic) bond motifs is 3. The molecule has 0 unspecified atom stereocenters. The summed E-state index contributed by atoms with van der Waals surface area (Å²) in [5.41, 5.74) is 0. The highest BCUT2D eigenvalue weighted by molar-refractivity contribution is 7.33. The SMILES string of the molecule is CCNC(=O)[C@@H](C)NC(=O)COC(=O)c1cc2sc3ccccc3c2s1. The zero-order valence-electron chi connectivity index (χ0n) is 14.3. The standard InChI is InChI=1S/C18H18N2O4S2/c1-3-19-17(22)10(2)20-15(21)9-24-18(23)14-8-13-16(26-14)11-6-4-5-7-12(11)25-13/h4-8,10H,3,9H2,1-2H3,(H,19,22)(H,20,21)/t10-/m1/s1. The molecule has 136 valence electrons. The van der Waals surface area contributed by atoms with Crippen LogP contribution in [0.5, 0.6) is 0 Å². The van der Waals surface area contributed by atoms with Gasteiger partial charge >= 0.3 is 5.97 Å². The molecule has 3 aromatic rings. The Labute approximate surface area is 158 Å². The lowest BCUT2D eigenvalue weighted by Crippen LogP contribution is -2.46. The molecule has 0 saturated carbocycles. The van der Waals surface area contributed by atoms with E-state index in [9.17, 15) is 14.4 Å². The number of likely N-dealkylation sites (N-methyl/N-ethyl adjacent to an activating group) is 1. The van der Waals surface area contributed by atoms with Crippen molar-refractivity contribution in [3.63, 3.8) is 0 Å². The van der Waals surface area contributed by atoms with Crippen molar-refractivity contribution in [3.8, 4) is 0 Å². The van der Waals surface area contributed by atoms with E-state index >= 15 is 0 Å². The van der Waals surface area contributed by atoms with Crippen LogP contribution >= 0.6 is 22.7 Å². The van der Waals surface area contributed by atoms with Crippen LogP contribution in [0.1, 0.15) is 23.5 Å². The Kier molecular flexibility index (Phi) is 5.53. The van der Waals surface area contributed by atoms with Gasteiger partial charge < -0.3 is 15.4 Å². The van der Waals surface area contributed by atoms with Gasteiger partial charge in [0.05, 0.1) is 4.70 Å². The molecule has 2 amide bonds. The first-order valence-corrected chi connectivity index (χ1v) is 9.78. The van der Waals surface area contributed by atoms with E-state index in [2.05, 4.69) is 10.6 Å². The zero-order valence-corrected chi connectivity index (χ0v) is 16.0. The second-order valence-electron chi connectivity index (χ2n) is 5.66. The molecule has 2 heterocycles. The number of hydrogen-bond acceptors (Lipinski definition) is 6. The smallest absolute Gasteiger partial charge is 0.348 e. The van der Waals surface area contributed by atoms with E-state index < -0.39 is 24.5 Å². The first-order valence-electron chi connectivity index (χ1n) is 8.15. The number of nitrogens with one attached hydrogen (secondary N) is 2. The van der Waals surface area contributed by atoms with Crippen LogP contribution in [0.3, 0.4) is 0 Å². The summed E-state index contributed by atoms with van der Waals surface area (Å²) in [6, 6.07) is 9.13. The quantitative estimate of drug-likeness (QED) is 0.634. The summed E-state index contributed by atoms with van der Waals surface area (Å²) in [4.78, 5) is 36.1. The highest BCUT2D eigenvalue weighted by Crippen LogP contribution is 2.39. The van der Waals surface area contributed by atoms with E-state index in [4.69, 9.17) is 4.74 Å². The van der Waals surface area contributed by atoms with E-state index in [-0.39, 0.29) is 5.91 Å². The minimum absolute atomic E-state index is 0.280. The Balaban J connectivity index is 1.60. The summed E-state index contributed by atoms with van der Waals surface area (Å²) >= 11 is 2.98. The van der Waals surface area contributed by atoms with Crippen LogP contribution in [0.25, 0.3) is 19.5 Å². The van der Waals surface area contributed by atoms with Crippen LogP contribution in [0.4, 0.5) is 0 Å². The van der Waals surface area contributed by atoms with Gasteiger partial charge in [-0.2, -0.15) is 0 Å². The summed E-state index contributed by atoms with van der Waals surface area (Å²) in [6.45, 7) is 3.43. The summed E-state index contributed by atoms with van der Waals surface area (Å²) < 4.78 is 8.32. The van der Waals surface area contributed by atoms with Crippen molar-refractivity contribution in [3.05, 3.63) is 35.2 Å². The number of carbonyl (C=O) groups excluding carboxylic acids is 3. The maximum Gasteiger partial charge on any atom is 0.348 e. The lowest BCUT2D eigenvalue weighted by atomic mass is 10.2. The molecule has 0 saturated heterocycles. The Hall–Kier alpha value is -2.45.